The fraction of sp³-hybridized carbons (Fsp3) is 0.250. The number of aryl methyl sites for hydroxylation is 2. The molecule has 3 heteroatoms. The van der Waals surface area contributed by atoms with Gasteiger partial charge in [0.2, 0.25) is 0 Å². The molecule has 0 aliphatic carbocycles. The molecule has 2 N–H and O–H groups in total. The van der Waals surface area contributed by atoms with Crippen LogP contribution in [0.25, 0.3) is 10.9 Å². The van der Waals surface area contributed by atoms with Crippen molar-refractivity contribution in [2.24, 2.45) is 0 Å². The van der Waals surface area contributed by atoms with E-state index in [9.17, 15) is 4.79 Å². The molecule has 2 aromatic rings. The first-order chi connectivity index (χ1) is 7.13. The number of rotatable bonds is 1. The largest absolute Gasteiger partial charge is 0.358 e. The lowest BCUT2D eigenvalue weighted by atomic mass is 10.1. The summed E-state index contributed by atoms with van der Waals surface area (Å²) in [5.41, 5.74) is 4.14. The Balaban J connectivity index is 2.64. The molecule has 0 bridgehead atoms. The highest BCUT2D eigenvalue weighted by Crippen LogP contribution is 2.22. The van der Waals surface area contributed by atoms with E-state index in [0.717, 1.165) is 16.6 Å². The van der Waals surface area contributed by atoms with Crippen molar-refractivity contribution >= 4 is 16.8 Å². The third kappa shape index (κ3) is 1.50. The maximum atomic E-state index is 11.5. The second-order valence-corrected chi connectivity index (χ2v) is 3.71. The van der Waals surface area contributed by atoms with Gasteiger partial charge in [-0.25, -0.2) is 0 Å². The van der Waals surface area contributed by atoms with Crippen LogP contribution >= 0.6 is 0 Å². The summed E-state index contributed by atoms with van der Waals surface area (Å²) in [6.45, 7) is 4.09. The lowest BCUT2D eigenvalue weighted by Crippen LogP contribution is -2.17. The Morgan fingerprint density at radius 1 is 1.33 bits per heavy atom. The van der Waals surface area contributed by atoms with E-state index in [1.54, 1.807) is 7.05 Å². The molecule has 3 nitrogen and oxygen atoms in total. The number of hydrogen-bond donors (Lipinski definition) is 2. The lowest BCUT2D eigenvalue weighted by molar-refractivity contribution is 0.0963. The Hall–Kier alpha value is -1.77. The molecule has 0 aliphatic heterocycles. The molecule has 15 heavy (non-hydrogen) atoms. The normalized spacial score (nSPS) is 10.6. The van der Waals surface area contributed by atoms with E-state index in [1.165, 1.54) is 5.56 Å². The highest BCUT2D eigenvalue weighted by molar-refractivity contribution is 5.98. The summed E-state index contributed by atoms with van der Waals surface area (Å²) < 4.78 is 0. The number of amides is 1. The molecule has 0 aliphatic rings. The van der Waals surface area contributed by atoms with Crippen LogP contribution in [-0.4, -0.2) is 17.9 Å². The summed E-state index contributed by atoms with van der Waals surface area (Å²) in [5.74, 6) is -0.0462. The molecule has 1 aromatic carbocycles. The Labute approximate surface area is 88.5 Å². The minimum absolute atomic E-state index is 0.0462. The number of hydrogen-bond acceptors (Lipinski definition) is 1. The molecular weight excluding hydrogens is 188 g/mol. The number of fused-ring (bicyclic) bond motifs is 1. The van der Waals surface area contributed by atoms with Crippen molar-refractivity contribution in [1.82, 2.24) is 10.3 Å². The van der Waals surface area contributed by atoms with E-state index in [1.807, 2.05) is 25.1 Å². The summed E-state index contributed by atoms with van der Waals surface area (Å²) in [4.78, 5) is 14.7. The summed E-state index contributed by atoms with van der Waals surface area (Å²) in [7, 11) is 1.64. The quantitative estimate of drug-likeness (QED) is 0.731. The zero-order chi connectivity index (χ0) is 11.0. The van der Waals surface area contributed by atoms with Crippen molar-refractivity contribution < 1.29 is 4.79 Å². The van der Waals surface area contributed by atoms with Gasteiger partial charge in [0, 0.05) is 29.2 Å². The minimum Gasteiger partial charge on any atom is -0.358 e. The Bertz CT molecular complexity index is 526. The highest BCUT2D eigenvalue weighted by atomic mass is 16.1. The van der Waals surface area contributed by atoms with Gasteiger partial charge < -0.3 is 10.3 Å². The Morgan fingerprint density at radius 2 is 2.07 bits per heavy atom. The molecule has 1 amide bonds. The second kappa shape index (κ2) is 3.42. The van der Waals surface area contributed by atoms with E-state index in [2.05, 4.69) is 17.2 Å². The van der Waals surface area contributed by atoms with Crippen molar-refractivity contribution in [3.05, 3.63) is 35.0 Å². The number of aromatic nitrogens is 1. The predicted octanol–water partition coefficient (Wildman–Crippen LogP) is 2.14. The maximum absolute atomic E-state index is 11.5. The third-order valence-electron chi connectivity index (χ3n) is 2.80. The van der Waals surface area contributed by atoms with Gasteiger partial charge in [-0.3, -0.25) is 4.79 Å². The molecule has 0 saturated heterocycles. The van der Waals surface area contributed by atoms with Gasteiger partial charge in [-0.15, -0.1) is 0 Å². The molecule has 78 valence electrons. The van der Waals surface area contributed by atoms with E-state index in [0.29, 0.717) is 5.56 Å². The fourth-order valence-corrected chi connectivity index (χ4v) is 1.75. The SMILES string of the molecule is CNC(=O)c1ccc2[nH]c(C)c(C)c2c1. The van der Waals surface area contributed by atoms with Gasteiger partial charge in [-0.2, -0.15) is 0 Å². The smallest absolute Gasteiger partial charge is 0.251 e. The Morgan fingerprint density at radius 3 is 2.73 bits per heavy atom. The molecule has 0 saturated carbocycles. The van der Waals surface area contributed by atoms with E-state index in [4.69, 9.17) is 0 Å². The van der Waals surface area contributed by atoms with Gasteiger partial charge in [0.15, 0.2) is 0 Å². The first kappa shape index (κ1) is 9.77. The predicted molar refractivity (Wildman–Crippen MR) is 61.2 cm³/mol. The third-order valence-corrected chi connectivity index (χ3v) is 2.80. The van der Waals surface area contributed by atoms with Gasteiger partial charge in [0.25, 0.3) is 5.91 Å². The molecule has 0 atom stereocenters. The van der Waals surface area contributed by atoms with Gasteiger partial charge >= 0.3 is 0 Å². The molecule has 0 fully saturated rings. The topological polar surface area (TPSA) is 44.9 Å². The molecule has 0 spiro atoms. The van der Waals surface area contributed by atoms with Crippen LogP contribution in [0.3, 0.4) is 0 Å². The lowest BCUT2D eigenvalue weighted by Gasteiger charge is -1.99. The second-order valence-electron chi connectivity index (χ2n) is 3.71. The summed E-state index contributed by atoms with van der Waals surface area (Å²) in [6.07, 6.45) is 0. The van der Waals surface area contributed by atoms with Crippen molar-refractivity contribution in [1.29, 1.82) is 0 Å². The number of nitrogens with one attached hydrogen (secondary N) is 2. The van der Waals surface area contributed by atoms with Gasteiger partial charge in [-0.1, -0.05) is 0 Å². The van der Waals surface area contributed by atoms with Crippen LogP contribution in [0.15, 0.2) is 18.2 Å². The van der Waals surface area contributed by atoms with Gasteiger partial charge in [0.1, 0.15) is 0 Å². The summed E-state index contributed by atoms with van der Waals surface area (Å²) in [5, 5.41) is 3.74. The van der Waals surface area contributed by atoms with Crippen molar-refractivity contribution in [3.63, 3.8) is 0 Å². The number of H-pyrrole nitrogens is 1. The zero-order valence-electron chi connectivity index (χ0n) is 9.14. The zero-order valence-corrected chi connectivity index (χ0v) is 9.14. The van der Waals surface area contributed by atoms with Crippen LogP contribution in [-0.2, 0) is 0 Å². The molecule has 1 heterocycles. The Kier molecular flexibility index (Phi) is 2.23. The molecule has 0 radical (unpaired) electrons. The first-order valence-electron chi connectivity index (χ1n) is 4.94. The molecular formula is C12H14N2O. The van der Waals surface area contributed by atoms with E-state index in [-0.39, 0.29) is 5.91 Å². The van der Waals surface area contributed by atoms with Crippen molar-refractivity contribution in [3.8, 4) is 0 Å². The molecule has 2 rings (SSSR count). The van der Waals surface area contributed by atoms with Gasteiger partial charge in [-0.05, 0) is 37.6 Å². The van der Waals surface area contributed by atoms with Gasteiger partial charge in [0.05, 0.1) is 0 Å². The van der Waals surface area contributed by atoms with Crippen LogP contribution in [0, 0.1) is 13.8 Å². The number of benzene rings is 1. The van der Waals surface area contributed by atoms with Crippen LogP contribution in [0.4, 0.5) is 0 Å². The first-order valence-corrected chi connectivity index (χ1v) is 4.94. The van der Waals surface area contributed by atoms with Crippen LogP contribution < -0.4 is 5.32 Å². The molecule has 1 aromatic heterocycles. The van der Waals surface area contributed by atoms with Crippen LogP contribution in [0.1, 0.15) is 21.6 Å². The summed E-state index contributed by atoms with van der Waals surface area (Å²) in [6, 6.07) is 5.70. The van der Waals surface area contributed by atoms with Crippen molar-refractivity contribution in [2.45, 2.75) is 13.8 Å². The fourth-order valence-electron chi connectivity index (χ4n) is 1.75. The molecule has 0 unspecified atom stereocenters. The monoisotopic (exact) mass is 202 g/mol. The van der Waals surface area contributed by atoms with Crippen LogP contribution in [0.2, 0.25) is 0 Å². The average Bonchev–Trinajstić information content (AvgIpc) is 2.54. The number of carbonyl (C=O) groups is 1. The maximum Gasteiger partial charge on any atom is 0.251 e. The average molecular weight is 202 g/mol. The summed E-state index contributed by atoms with van der Waals surface area (Å²) >= 11 is 0. The highest BCUT2D eigenvalue weighted by Gasteiger charge is 2.08. The van der Waals surface area contributed by atoms with E-state index < -0.39 is 0 Å². The van der Waals surface area contributed by atoms with E-state index >= 15 is 0 Å². The van der Waals surface area contributed by atoms with Crippen molar-refractivity contribution in [2.75, 3.05) is 7.05 Å². The standard InChI is InChI=1S/C12H14N2O/c1-7-8(2)14-11-5-4-9(6-10(7)11)12(15)13-3/h4-6,14H,1-3H3,(H,13,15). The number of carbonyl (C=O) groups excluding carboxylic acids is 1. The van der Waals surface area contributed by atoms with Crippen LogP contribution in [0.5, 0.6) is 0 Å². The number of aromatic amines is 1. The minimum atomic E-state index is -0.0462.